The zero-order valence-corrected chi connectivity index (χ0v) is 12.4. The Labute approximate surface area is 131 Å². The van der Waals surface area contributed by atoms with Crippen molar-refractivity contribution in [3.05, 3.63) is 53.2 Å². The zero-order valence-electron chi connectivity index (χ0n) is 12.4. The van der Waals surface area contributed by atoms with Crippen molar-refractivity contribution in [1.82, 2.24) is 30.3 Å². The quantitative estimate of drug-likeness (QED) is 0.734. The molecule has 0 saturated heterocycles. The van der Waals surface area contributed by atoms with Gasteiger partial charge in [0.1, 0.15) is 5.82 Å². The Kier molecular flexibility index (Phi) is 3.57. The number of nitrogens with zero attached hydrogens (tertiary/aromatic N) is 6. The fourth-order valence-electron chi connectivity index (χ4n) is 2.88. The highest BCUT2D eigenvalue weighted by molar-refractivity contribution is 5.19. The minimum Gasteiger partial charge on any atom is -0.339 e. The molecule has 0 N–H and O–H groups in total. The Morgan fingerprint density at radius 2 is 2.26 bits per heavy atom. The molecule has 1 aliphatic rings. The van der Waals surface area contributed by atoms with Gasteiger partial charge in [-0.1, -0.05) is 17.3 Å². The summed E-state index contributed by atoms with van der Waals surface area (Å²) in [6, 6.07) is 6.43. The van der Waals surface area contributed by atoms with Gasteiger partial charge >= 0.3 is 0 Å². The number of hydrogen-bond donors (Lipinski definition) is 0. The van der Waals surface area contributed by atoms with Crippen LogP contribution in [-0.2, 0) is 19.4 Å². The van der Waals surface area contributed by atoms with Crippen LogP contribution in [0.3, 0.4) is 0 Å². The van der Waals surface area contributed by atoms with Crippen molar-refractivity contribution in [2.24, 2.45) is 0 Å². The minimum absolute atomic E-state index is 0.187. The van der Waals surface area contributed by atoms with Crippen molar-refractivity contribution in [2.75, 3.05) is 0 Å². The minimum atomic E-state index is -0.259. The van der Waals surface area contributed by atoms with Gasteiger partial charge in [-0.2, -0.15) is 4.98 Å². The van der Waals surface area contributed by atoms with Gasteiger partial charge in [-0.25, -0.2) is 9.07 Å². The van der Waals surface area contributed by atoms with Crippen molar-refractivity contribution < 1.29 is 8.91 Å². The molecule has 0 aliphatic carbocycles. The third-order valence-electron chi connectivity index (χ3n) is 4.10. The number of halogens is 1. The lowest BCUT2D eigenvalue weighted by Crippen LogP contribution is -2.04. The van der Waals surface area contributed by atoms with E-state index in [1.807, 2.05) is 10.7 Å². The molecule has 1 atom stereocenters. The lowest BCUT2D eigenvalue weighted by molar-refractivity contribution is 0.334. The van der Waals surface area contributed by atoms with E-state index in [0.717, 1.165) is 37.2 Å². The van der Waals surface area contributed by atoms with Crippen LogP contribution in [-0.4, -0.2) is 30.3 Å². The van der Waals surface area contributed by atoms with Crippen molar-refractivity contribution in [2.45, 2.75) is 38.1 Å². The van der Waals surface area contributed by atoms with Gasteiger partial charge in [0.25, 0.3) is 0 Å². The lowest BCUT2D eigenvalue weighted by atomic mass is 10.0. The van der Waals surface area contributed by atoms with Crippen LogP contribution in [0.25, 0.3) is 0 Å². The second-order valence-electron chi connectivity index (χ2n) is 5.70. The third kappa shape index (κ3) is 2.96. The number of hydrogen-bond acceptors (Lipinski definition) is 6. The Hall–Kier alpha value is -2.64. The molecule has 4 rings (SSSR count). The van der Waals surface area contributed by atoms with Gasteiger partial charge in [0, 0.05) is 25.3 Å². The largest absolute Gasteiger partial charge is 0.339 e. The van der Waals surface area contributed by atoms with Crippen LogP contribution >= 0.6 is 0 Å². The van der Waals surface area contributed by atoms with Crippen LogP contribution in [0.2, 0.25) is 0 Å². The molecule has 118 valence electrons. The molecular formula is C15H15FN6O. The summed E-state index contributed by atoms with van der Waals surface area (Å²) in [7, 11) is 0. The Morgan fingerprint density at radius 3 is 3.17 bits per heavy atom. The molecule has 0 radical (unpaired) electrons. The topological polar surface area (TPSA) is 82.5 Å². The SMILES string of the molecule is Fc1cccc(Cc2noc(C3CCc4nnnn4CC3)n2)c1. The molecule has 23 heavy (non-hydrogen) atoms. The van der Waals surface area contributed by atoms with Gasteiger partial charge < -0.3 is 4.52 Å². The van der Waals surface area contributed by atoms with Gasteiger partial charge in [-0.05, 0) is 41.0 Å². The predicted octanol–water partition coefficient (Wildman–Crippen LogP) is 1.91. The molecule has 0 saturated carbocycles. The summed E-state index contributed by atoms with van der Waals surface area (Å²) in [6.07, 6.45) is 2.99. The second-order valence-corrected chi connectivity index (χ2v) is 5.70. The smallest absolute Gasteiger partial charge is 0.229 e. The summed E-state index contributed by atoms with van der Waals surface area (Å²) < 4.78 is 20.5. The standard InChI is InChI=1S/C15H15FN6O/c16-12-3-1-2-10(8-12)9-13-17-15(23-19-13)11-4-5-14-18-20-21-22(14)7-6-11/h1-3,8,11H,4-7,9H2. The maximum atomic E-state index is 13.2. The highest BCUT2D eigenvalue weighted by atomic mass is 19.1. The van der Waals surface area contributed by atoms with E-state index in [1.165, 1.54) is 12.1 Å². The number of aryl methyl sites for hydroxylation is 2. The third-order valence-corrected chi connectivity index (χ3v) is 4.10. The van der Waals surface area contributed by atoms with E-state index in [9.17, 15) is 4.39 Å². The van der Waals surface area contributed by atoms with Crippen LogP contribution in [0.5, 0.6) is 0 Å². The first-order valence-corrected chi connectivity index (χ1v) is 7.60. The van der Waals surface area contributed by atoms with E-state index < -0.39 is 0 Å². The Morgan fingerprint density at radius 1 is 1.30 bits per heavy atom. The van der Waals surface area contributed by atoms with E-state index in [0.29, 0.717) is 18.1 Å². The lowest BCUT2D eigenvalue weighted by Gasteiger charge is -2.06. The highest BCUT2D eigenvalue weighted by Crippen LogP contribution is 2.27. The van der Waals surface area contributed by atoms with Crippen LogP contribution < -0.4 is 0 Å². The van der Waals surface area contributed by atoms with Gasteiger partial charge in [0.05, 0.1) is 0 Å². The highest BCUT2D eigenvalue weighted by Gasteiger charge is 2.24. The van der Waals surface area contributed by atoms with Crippen LogP contribution in [0, 0.1) is 5.82 Å². The van der Waals surface area contributed by atoms with E-state index in [4.69, 9.17) is 4.52 Å². The molecule has 3 heterocycles. The molecule has 8 heteroatoms. The molecular weight excluding hydrogens is 299 g/mol. The molecule has 1 aromatic carbocycles. The Bertz CT molecular complexity index is 791. The van der Waals surface area contributed by atoms with Crippen LogP contribution in [0.15, 0.2) is 28.8 Å². The van der Waals surface area contributed by atoms with E-state index in [1.54, 1.807) is 6.07 Å². The Balaban J connectivity index is 1.46. The van der Waals surface area contributed by atoms with Gasteiger partial charge in [-0.3, -0.25) is 0 Å². The fraction of sp³-hybridized carbons (Fsp3) is 0.400. The van der Waals surface area contributed by atoms with Crippen LogP contribution in [0.4, 0.5) is 4.39 Å². The summed E-state index contributed by atoms with van der Waals surface area (Å²) in [4.78, 5) is 4.48. The van der Waals surface area contributed by atoms with Crippen LogP contribution in [0.1, 0.15) is 41.9 Å². The first kappa shape index (κ1) is 14.0. The number of aromatic nitrogens is 6. The maximum Gasteiger partial charge on any atom is 0.229 e. The monoisotopic (exact) mass is 314 g/mol. The van der Waals surface area contributed by atoms with Crippen molar-refractivity contribution in [1.29, 1.82) is 0 Å². The fourth-order valence-corrected chi connectivity index (χ4v) is 2.88. The molecule has 2 aromatic heterocycles. The first-order valence-electron chi connectivity index (χ1n) is 7.60. The molecule has 0 spiro atoms. The number of rotatable bonds is 3. The summed E-state index contributed by atoms with van der Waals surface area (Å²) in [6.45, 7) is 0.745. The van der Waals surface area contributed by atoms with E-state index in [-0.39, 0.29) is 11.7 Å². The van der Waals surface area contributed by atoms with E-state index >= 15 is 0 Å². The van der Waals surface area contributed by atoms with Gasteiger partial charge in [0.15, 0.2) is 11.6 Å². The molecule has 7 nitrogen and oxygen atoms in total. The summed E-state index contributed by atoms with van der Waals surface area (Å²) in [5, 5.41) is 15.7. The molecule has 0 fully saturated rings. The second kappa shape index (κ2) is 5.86. The maximum absolute atomic E-state index is 13.2. The average molecular weight is 314 g/mol. The summed E-state index contributed by atoms with van der Waals surface area (Å²) in [5.74, 6) is 2.03. The first-order chi connectivity index (χ1) is 11.3. The molecule has 0 bridgehead atoms. The average Bonchev–Trinajstić information content (AvgIpc) is 3.14. The number of tetrazole rings is 1. The normalized spacial score (nSPS) is 17.7. The predicted molar refractivity (Wildman–Crippen MR) is 77.0 cm³/mol. The number of benzene rings is 1. The van der Waals surface area contributed by atoms with Crippen molar-refractivity contribution in [3.8, 4) is 0 Å². The summed E-state index contributed by atoms with van der Waals surface area (Å²) in [5.41, 5.74) is 0.827. The zero-order chi connectivity index (χ0) is 15.6. The number of fused-ring (bicyclic) bond motifs is 1. The van der Waals surface area contributed by atoms with E-state index in [2.05, 4.69) is 25.7 Å². The van der Waals surface area contributed by atoms with Crippen molar-refractivity contribution in [3.63, 3.8) is 0 Å². The molecule has 3 aromatic rings. The van der Waals surface area contributed by atoms with Gasteiger partial charge in [0.2, 0.25) is 5.89 Å². The molecule has 1 aliphatic heterocycles. The molecule has 1 unspecified atom stereocenters. The molecule has 0 amide bonds. The summed E-state index contributed by atoms with van der Waals surface area (Å²) >= 11 is 0. The van der Waals surface area contributed by atoms with Crippen molar-refractivity contribution >= 4 is 0 Å². The van der Waals surface area contributed by atoms with Gasteiger partial charge in [-0.15, -0.1) is 5.10 Å².